The van der Waals surface area contributed by atoms with Crippen molar-refractivity contribution >= 4 is 10.9 Å². The minimum atomic E-state index is 0.620. The molecule has 0 aliphatic heterocycles. The van der Waals surface area contributed by atoms with Crippen molar-refractivity contribution in [3.05, 3.63) is 23.9 Å². The van der Waals surface area contributed by atoms with Crippen LogP contribution in [-0.4, -0.2) is 23.9 Å². The van der Waals surface area contributed by atoms with Crippen LogP contribution in [0.15, 0.2) is 18.2 Å². The van der Waals surface area contributed by atoms with E-state index in [1.807, 2.05) is 18.2 Å². The predicted octanol–water partition coefficient (Wildman–Crippen LogP) is 1.07. The molecule has 0 aliphatic rings. The number of fused-ring (bicyclic) bond motifs is 1. The van der Waals surface area contributed by atoms with Crippen molar-refractivity contribution in [3.8, 4) is 5.75 Å². The molecule has 0 saturated carbocycles. The number of rotatable bonds is 3. The molecule has 4 nitrogen and oxygen atoms in total. The lowest BCUT2D eigenvalue weighted by Gasteiger charge is -1.99. The van der Waals surface area contributed by atoms with E-state index in [-0.39, 0.29) is 0 Å². The number of benzene rings is 1. The molecule has 1 heterocycles. The van der Waals surface area contributed by atoms with E-state index in [1.54, 1.807) is 7.11 Å². The number of aromatic nitrogens is 2. The van der Waals surface area contributed by atoms with Crippen LogP contribution in [0.5, 0.6) is 5.75 Å². The molecular formula is C10H13N3O. The van der Waals surface area contributed by atoms with Crippen LogP contribution in [0.1, 0.15) is 5.69 Å². The normalized spacial score (nSPS) is 10.7. The molecule has 0 amide bonds. The number of aromatic amines is 1. The highest BCUT2D eigenvalue weighted by Crippen LogP contribution is 2.21. The highest BCUT2D eigenvalue weighted by molar-refractivity contribution is 5.82. The predicted molar refractivity (Wildman–Crippen MR) is 55.4 cm³/mol. The summed E-state index contributed by atoms with van der Waals surface area (Å²) in [6.07, 6.45) is 0.809. The van der Waals surface area contributed by atoms with Gasteiger partial charge in [0.25, 0.3) is 0 Å². The third-order valence-corrected chi connectivity index (χ3v) is 2.23. The van der Waals surface area contributed by atoms with Gasteiger partial charge in [-0.15, -0.1) is 0 Å². The molecule has 0 saturated heterocycles. The summed E-state index contributed by atoms with van der Waals surface area (Å²) >= 11 is 0. The van der Waals surface area contributed by atoms with Gasteiger partial charge in [-0.05, 0) is 24.7 Å². The van der Waals surface area contributed by atoms with Gasteiger partial charge in [-0.3, -0.25) is 5.10 Å². The topological polar surface area (TPSA) is 63.9 Å². The fourth-order valence-corrected chi connectivity index (χ4v) is 1.50. The molecule has 0 aliphatic carbocycles. The quantitative estimate of drug-likeness (QED) is 0.762. The van der Waals surface area contributed by atoms with Crippen LogP contribution in [0.3, 0.4) is 0 Å². The Labute approximate surface area is 82.1 Å². The number of ether oxygens (including phenoxy) is 1. The SMILES string of the molecule is COc1ccc2n[nH]c(CCN)c2c1. The van der Waals surface area contributed by atoms with Crippen molar-refractivity contribution in [1.82, 2.24) is 10.2 Å². The number of hydrogen-bond donors (Lipinski definition) is 2. The van der Waals surface area contributed by atoms with Gasteiger partial charge in [0.05, 0.1) is 12.6 Å². The molecule has 0 atom stereocenters. The number of hydrogen-bond acceptors (Lipinski definition) is 3. The van der Waals surface area contributed by atoms with E-state index in [2.05, 4.69) is 10.2 Å². The van der Waals surface area contributed by atoms with Gasteiger partial charge in [0.2, 0.25) is 0 Å². The first-order chi connectivity index (χ1) is 6.85. The van der Waals surface area contributed by atoms with Crippen molar-refractivity contribution in [2.75, 3.05) is 13.7 Å². The molecule has 2 aromatic rings. The smallest absolute Gasteiger partial charge is 0.119 e. The van der Waals surface area contributed by atoms with Crippen LogP contribution in [0, 0.1) is 0 Å². The summed E-state index contributed by atoms with van der Waals surface area (Å²) in [5.41, 5.74) is 7.53. The average Bonchev–Trinajstić information content (AvgIpc) is 2.61. The van der Waals surface area contributed by atoms with Crippen molar-refractivity contribution in [3.63, 3.8) is 0 Å². The van der Waals surface area contributed by atoms with Crippen molar-refractivity contribution < 1.29 is 4.74 Å². The molecule has 1 aromatic heterocycles. The largest absolute Gasteiger partial charge is 0.497 e. The van der Waals surface area contributed by atoms with Crippen LogP contribution < -0.4 is 10.5 Å². The van der Waals surface area contributed by atoms with Crippen LogP contribution in [0.4, 0.5) is 0 Å². The van der Waals surface area contributed by atoms with Crippen LogP contribution >= 0.6 is 0 Å². The Morgan fingerprint density at radius 2 is 2.36 bits per heavy atom. The minimum Gasteiger partial charge on any atom is -0.497 e. The van der Waals surface area contributed by atoms with Gasteiger partial charge in [0, 0.05) is 17.5 Å². The van der Waals surface area contributed by atoms with Gasteiger partial charge in [0.15, 0.2) is 0 Å². The molecule has 0 unspecified atom stereocenters. The third kappa shape index (κ3) is 1.44. The zero-order valence-corrected chi connectivity index (χ0v) is 8.08. The minimum absolute atomic E-state index is 0.620. The van der Waals surface area contributed by atoms with E-state index in [4.69, 9.17) is 10.5 Å². The van der Waals surface area contributed by atoms with Gasteiger partial charge in [0.1, 0.15) is 5.75 Å². The molecule has 1 aromatic carbocycles. The van der Waals surface area contributed by atoms with Crippen molar-refractivity contribution in [2.45, 2.75) is 6.42 Å². The number of nitrogens with one attached hydrogen (secondary N) is 1. The standard InChI is InChI=1S/C10H13N3O/c1-14-7-2-3-9-8(6-7)10(4-5-11)13-12-9/h2-3,6H,4-5,11H2,1H3,(H,12,13). The summed E-state index contributed by atoms with van der Waals surface area (Å²) in [7, 11) is 1.66. The summed E-state index contributed by atoms with van der Waals surface area (Å²) in [6, 6.07) is 5.81. The molecule has 14 heavy (non-hydrogen) atoms. The lowest BCUT2D eigenvalue weighted by atomic mass is 10.1. The fourth-order valence-electron chi connectivity index (χ4n) is 1.50. The highest BCUT2D eigenvalue weighted by atomic mass is 16.5. The number of nitrogens with two attached hydrogens (primary N) is 1. The van der Waals surface area contributed by atoms with E-state index in [0.717, 1.165) is 28.8 Å². The fraction of sp³-hybridized carbons (Fsp3) is 0.300. The Hall–Kier alpha value is -1.55. The highest BCUT2D eigenvalue weighted by Gasteiger charge is 2.05. The van der Waals surface area contributed by atoms with E-state index < -0.39 is 0 Å². The Morgan fingerprint density at radius 1 is 1.50 bits per heavy atom. The first-order valence-electron chi connectivity index (χ1n) is 4.56. The van der Waals surface area contributed by atoms with E-state index >= 15 is 0 Å². The molecule has 0 fully saturated rings. The molecule has 4 heteroatoms. The number of nitrogens with zero attached hydrogens (tertiary/aromatic N) is 1. The maximum Gasteiger partial charge on any atom is 0.119 e. The Kier molecular flexibility index (Phi) is 2.37. The summed E-state index contributed by atoms with van der Waals surface area (Å²) in [5.74, 6) is 0.845. The maximum absolute atomic E-state index is 5.50. The van der Waals surface area contributed by atoms with Crippen molar-refractivity contribution in [2.24, 2.45) is 5.73 Å². The van der Waals surface area contributed by atoms with Crippen LogP contribution in [0.25, 0.3) is 10.9 Å². The molecule has 3 N–H and O–H groups in total. The molecule has 0 radical (unpaired) electrons. The monoisotopic (exact) mass is 191 g/mol. The summed E-state index contributed by atoms with van der Waals surface area (Å²) in [6.45, 7) is 0.620. The summed E-state index contributed by atoms with van der Waals surface area (Å²) < 4.78 is 5.15. The van der Waals surface area contributed by atoms with E-state index in [0.29, 0.717) is 6.54 Å². The molecule has 0 spiro atoms. The van der Waals surface area contributed by atoms with Gasteiger partial charge in [-0.1, -0.05) is 0 Å². The number of methoxy groups -OCH3 is 1. The van der Waals surface area contributed by atoms with Gasteiger partial charge in [-0.2, -0.15) is 5.10 Å². The van der Waals surface area contributed by atoms with E-state index in [1.165, 1.54) is 0 Å². The maximum atomic E-state index is 5.50. The Balaban J connectivity index is 2.52. The van der Waals surface area contributed by atoms with Gasteiger partial charge >= 0.3 is 0 Å². The molecule has 2 rings (SSSR count). The lowest BCUT2D eigenvalue weighted by molar-refractivity contribution is 0.415. The Bertz CT molecular complexity index is 436. The molecule has 0 bridgehead atoms. The van der Waals surface area contributed by atoms with Crippen molar-refractivity contribution in [1.29, 1.82) is 0 Å². The number of H-pyrrole nitrogens is 1. The van der Waals surface area contributed by atoms with Crippen LogP contribution in [0.2, 0.25) is 0 Å². The summed E-state index contributed by atoms with van der Waals surface area (Å²) in [4.78, 5) is 0. The van der Waals surface area contributed by atoms with E-state index in [9.17, 15) is 0 Å². The zero-order chi connectivity index (χ0) is 9.97. The van der Waals surface area contributed by atoms with Crippen LogP contribution in [-0.2, 0) is 6.42 Å². The first-order valence-corrected chi connectivity index (χ1v) is 4.56. The first kappa shape index (κ1) is 9.02. The van der Waals surface area contributed by atoms with Gasteiger partial charge < -0.3 is 10.5 Å². The lowest BCUT2D eigenvalue weighted by Crippen LogP contribution is -2.03. The molecule has 74 valence electrons. The third-order valence-electron chi connectivity index (χ3n) is 2.23. The average molecular weight is 191 g/mol. The Morgan fingerprint density at radius 3 is 3.07 bits per heavy atom. The zero-order valence-electron chi connectivity index (χ0n) is 8.08. The second-order valence-electron chi connectivity index (χ2n) is 3.12. The second-order valence-corrected chi connectivity index (χ2v) is 3.12. The van der Waals surface area contributed by atoms with Gasteiger partial charge in [-0.25, -0.2) is 0 Å². The molecular weight excluding hydrogens is 178 g/mol. The summed E-state index contributed by atoms with van der Waals surface area (Å²) in [5, 5.41) is 8.25. The second kappa shape index (κ2) is 3.67.